The van der Waals surface area contributed by atoms with Crippen molar-refractivity contribution in [3.8, 4) is 11.4 Å². The summed E-state index contributed by atoms with van der Waals surface area (Å²) in [6.07, 6.45) is -1.35. The van der Waals surface area contributed by atoms with E-state index in [-0.39, 0.29) is 33.7 Å². The van der Waals surface area contributed by atoms with Gasteiger partial charge in [0.25, 0.3) is 5.91 Å². The van der Waals surface area contributed by atoms with Crippen molar-refractivity contribution in [2.24, 2.45) is 5.92 Å². The molecule has 1 unspecified atom stereocenters. The average Bonchev–Trinajstić information content (AvgIpc) is 3.10. The second-order valence-electron chi connectivity index (χ2n) is 6.86. The van der Waals surface area contributed by atoms with Crippen molar-refractivity contribution in [1.29, 1.82) is 0 Å². The van der Waals surface area contributed by atoms with E-state index >= 15 is 0 Å². The highest BCUT2D eigenvalue weighted by Gasteiger charge is 2.36. The van der Waals surface area contributed by atoms with E-state index in [9.17, 15) is 18.0 Å². The second kappa shape index (κ2) is 7.56. The lowest BCUT2D eigenvalue weighted by atomic mass is 10.0. The Hall–Kier alpha value is -3.20. The van der Waals surface area contributed by atoms with Crippen LogP contribution in [0.3, 0.4) is 0 Å². The predicted octanol–water partition coefficient (Wildman–Crippen LogP) is 4.68. The third kappa shape index (κ3) is 3.93. The third-order valence-electron chi connectivity index (χ3n) is 4.50. The Kier molecular flexibility index (Phi) is 5.07. The summed E-state index contributed by atoms with van der Waals surface area (Å²) in [5, 5.41) is 7.03. The molecule has 1 aliphatic rings. The van der Waals surface area contributed by atoms with E-state index in [1.807, 2.05) is 6.92 Å². The first kappa shape index (κ1) is 20.1. The third-order valence-corrected chi connectivity index (χ3v) is 4.74. The number of amides is 1. The van der Waals surface area contributed by atoms with E-state index in [1.54, 1.807) is 24.3 Å². The SMILES string of the molecule is CC1C=C(C(=O)Nc2ccccn2)c2nc(-c3cc(Cl)ccc3C(F)(F)F)nn2C1. The number of alkyl halides is 3. The fraction of sp³-hybridized carbons (Fsp3) is 0.200. The van der Waals surface area contributed by atoms with Gasteiger partial charge in [0.05, 0.1) is 11.1 Å². The molecule has 1 aromatic carbocycles. The molecule has 0 spiro atoms. The number of fused-ring (bicyclic) bond motifs is 1. The van der Waals surface area contributed by atoms with E-state index in [0.717, 1.165) is 12.1 Å². The molecule has 3 heterocycles. The first-order valence-electron chi connectivity index (χ1n) is 8.99. The van der Waals surface area contributed by atoms with Crippen LogP contribution in [0.25, 0.3) is 17.0 Å². The molecular weight excluding hydrogens is 419 g/mol. The molecule has 0 radical (unpaired) electrons. The number of nitrogens with zero attached hydrogens (tertiary/aromatic N) is 4. The largest absolute Gasteiger partial charge is 0.417 e. The van der Waals surface area contributed by atoms with Crippen LogP contribution >= 0.6 is 11.6 Å². The summed E-state index contributed by atoms with van der Waals surface area (Å²) < 4.78 is 41.9. The van der Waals surface area contributed by atoms with Gasteiger partial charge in [-0.1, -0.05) is 30.7 Å². The van der Waals surface area contributed by atoms with Gasteiger partial charge < -0.3 is 5.32 Å². The topological polar surface area (TPSA) is 72.7 Å². The van der Waals surface area contributed by atoms with E-state index in [0.29, 0.717) is 12.4 Å². The van der Waals surface area contributed by atoms with Gasteiger partial charge in [0, 0.05) is 23.3 Å². The van der Waals surface area contributed by atoms with Crippen molar-refractivity contribution < 1.29 is 18.0 Å². The summed E-state index contributed by atoms with van der Waals surface area (Å²) in [6, 6.07) is 8.29. The minimum atomic E-state index is -4.60. The number of hydrogen-bond donors (Lipinski definition) is 1. The lowest BCUT2D eigenvalue weighted by Crippen LogP contribution is -2.23. The number of benzene rings is 1. The number of rotatable bonds is 3. The standard InChI is InChI=1S/C20H15ClF3N5O/c1-11-8-14(19(30)26-16-4-2-3-7-25-16)18-27-17(28-29(18)10-11)13-9-12(21)5-6-15(13)20(22,23)24/h2-9,11H,10H2,1H3,(H,25,26,30). The second-order valence-corrected chi connectivity index (χ2v) is 7.29. The van der Waals surface area contributed by atoms with Crippen LogP contribution < -0.4 is 5.32 Å². The molecule has 1 amide bonds. The van der Waals surface area contributed by atoms with Crippen molar-refractivity contribution in [3.05, 3.63) is 65.1 Å². The summed E-state index contributed by atoms with van der Waals surface area (Å²) in [5.74, 6) is -0.155. The van der Waals surface area contributed by atoms with E-state index in [2.05, 4.69) is 20.4 Å². The average molecular weight is 434 g/mol. The van der Waals surface area contributed by atoms with Crippen LogP contribution in [0, 0.1) is 5.92 Å². The Morgan fingerprint density at radius 1 is 1.27 bits per heavy atom. The van der Waals surface area contributed by atoms with Crippen LogP contribution in [0.2, 0.25) is 5.02 Å². The molecule has 0 saturated heterocycles. The number of allylic oxidation sites excluding steroid dienone is 1. The Balaban J connectivity index is 1.75. The number of hydrogen-bond acceptors (Lipinski definition) is 4. The smallest absolute Gasteiger partial charge is 0.306 e. The molecule has 1 N–H and O–H groups in total. The molecule has 4 rings (SSSR count). The fourth-order valence-electron chi connectivity index (χ4n) is 3.21. The van der Waals surface area contributed by atoms with Crippen molar-refractivity contribution >= 4 is 28.9 Å². The molecular formula is C20H15ClF3N5O. The monoisotopic (exact) mass is 433 g/mol. The van der Waals surface area contributed by atoms with Gasteiger partial charge in [0.15, 0.2) is 11.6 Å². The van der Waals surface area contributed by atoms with Gasteiger partial charge >= 0.3 is 6.18 Å². The van der Waals surface area contributed by atoms with Crippen LogP contribution in [0.4, 0.5) is 19.0 Å². The van der Waals surface area contributed by atoms with Crippen LogP contribution in [0.1, 0.15) is 18.3 Å². The number of nitrogens with one attached hydrogen (secondary N) is 1. The number of carbonyl (C=O) groups excluding carboxylic acids is 1. The van der Waals surface area contributed by atoms with Gasteiger partial charge in [-0.05, 0) is 36.2 Å². The molecule has 6 nitrogen and oxygen atoms in total. The minimum absolute atomic E-state index is 0.0713. The maximum atomic E-state index is 13.5. The lowest BCUT2D eigenvalue weighted by Gasteiger charge is -2.18. The van der Waals surface area contributed by atoms with Crippen LogP contribution in [-0.2, 0) is 17.5 Å². The summed E-state index contributed by atoms with van der Waals surface area (Å²) in [4.78, 5) is 21.1. The van der Waals surface area contributed by atoms with E-state index in [1.165, 1.54) is 16.9 Å². The highest BCUT2D eigenvalue weighted by Crippen LogP contribution is 2.38. The van der Waals surface area contributed by atoms with Crippen LogP contribution in [0.15, 0.2) is 48.7 Å². The van der Waals surface area contributed by atoms with Crippen molar-refractivity contribution in [3.63, 3.8) is 0 Å². The summed E-state index contributed by atoms with van der Waals surface area (Å²) in [6.45, 7) is 2.25. The summed E-state index contributed by atoms with van der Waals surface area (Å²) in [5.41, 5.74) is -0.922. The Morgan fingerprint density at radius 3 is 2.77 bits per heavy atom. The maximum absolute atomic E-state index is 13.5. The zero-order valence-corrected chi connectivity index (χ0v) is 16.4. The van der Waals surface area contributed by atoms with Crippen molar-refractivity contribution in [2.75, 3.05) is 5.32 Å². The number of halogens is 4. The molecule has 0 bridgehead atoms. The lowest BCUT2D eigenvalue weighted by molar-refractivity contribution is -0.137. The summed E-state index contributed by atoms with van der Waals surface area (Å²) in [7, 11) is 0. The first-order valence-corrected chi connectivity index (χ1v) is 9.36. The van der Waals surface area contributed by atoms with Gasteiger partial charge in [-0.25, -0.2) is 14.6 Å². The number of aromatic nitrogens is 4. The van der Waals surface area contributed by atoms with E-state index < -0.39 is 17.6 Å². The van der Waals surface area contributed by atoms with E-state index in [4.69, 9.17) is 11.6 Å². The maximum Gasteiger partial charge on any atom is 0.417 e. The molecule has 154 valence electrons. The van der Waals surface area contributed by atoms with Crippen LogP contribution in [0.5, 0.6) is 0 Å². The fourth-order valence-corrected chi connectivity index (χ4v) is 3.39. The number of pyridine rings is 1. The Labute approximate surface area is 174 Å². The normalized spacial score (nSPS) is 16.0. The van der Waals surface area contributed by atoms with Gasteiger partial charge in [-0.15, -0.1) is 0 Å². The molecule has 1 atom stereocenters. The quantitative estimate of drug-likeness (QED) is 0.650. The summed E-state index contributed by atoms with van der Waals surface area (Å²) >= 11 is 5.92. The predicted molar refractivity (Wildman–Crippen MR) is 105 cm³/mol. The molecule has 0 fully saturated rings. The van der Waals surface area contributed by atoms with Gasteiger partial charge in [0.1, 0.15) is 5.82 Å². The zero-order chi connectivity index (χ0) is 21.5. The highest BCUT2D eigenvalue weighted by atomic mass is 35.5. The number of carbonyl (C=O) groups is 1. The van der Waals surface area contributed by atoms with Gasteiger partial charge in [-0.3, -0.25) is 4.79 Å². The van der Waals surface area contributed by atoms with Crippen molar-refractivity contribution in [2.45, 2.75) is 19.6 Å². The molecule has 10 heteroatoms. The number of anilines is 1. The highest BCUT2D eigenvalue weighted by molar-refractivity contribution is 6.30. The molecule has 2 aromatic heterocycles. The zero-order valence-electron chi connectivity index (χ0n) is 15.6. The first-order chi connectivity index (χ1) is 14.2. The Bertz CT molecular complexity index is 1140. The van der Waals surface area contributed by atoms with Crippen LogP contribution in [-0.4, -0.2) is 25.7 Å². The van der Waals surface area contributed by atoms with Gasteiger partial charge in [0.2, 0.25) is 0 Å². The molecule has 1 aliphatic heterocycles. The minimum Gasteiger partial charge on any atom is -0.306 e. The molecule has 3 aromatic rings. The molecule has 0 aliphatic carbocycles. The van der Waals surface area contributed by atoms with Gasteiger partial charge in [-0.2, -0.15) is 18.3 Å². The molecule has 0 saturated carbocycles. The Morgan fingerprint density at radius 2 is 2.07 bits per heavy atom. The molecule has 30 heavy (non-hydrogen) atoms. The van der Waals surface area contributed by atoms with Crippen molar-refractivity contribution in [1.82, 2.24) is 19.7 Å².